The van der Waals surface area contributed by atoms with Gasteiger partial charge in [-0.3, -0.25) is 0 Å². The normalized spacial score (nSPS) is 29.2. The van der Waals surface area contributed by atoms with Crippen LogP contribution in [0.15, 0.2) is 11.6 Å². The maximum Gasteiger partial charge on any atom is -0.0201 e. The van der Waals surface area contributed by atoms with Crippen LogP contribution in [0, 0.1) is 23.7 Å². The monoisotopic (exact) mass is 292 g/mol. The summed E-state index contributed by atoms with van der Waals surface area (Å²) in [5.74, 6) is 3.79. The Morgan fingerprint density at radius 1 is 1.14 bits per heavy atom. The minimum atomic E-state index is 0.870. The van der Waals surface area contributed by atoms with E-state index in [9.17, 15) is 0 Å². The molecule has 4 atom stereocenters. The van der Waals surface area contributed by atoms with Crippen LogP contribution in [0.25, 0.3) is 0 Å². The summed E-state index contributed by atoms with van der Waals surface area (Å²) in [7, 11) is 0. The van der Waals surface area contributed by atoms with E-state index in [1.165, 1.54) is 64.2 Å². The molecule has 1 aliphatic rings. The molecule has 0 bridgehead atoms. The molecule has 0 aromatic rings. The largest absolute Gasteiger partial charge is 0.0885 e. The lowest BCUT2D eigenvalue weighted by Crippen LogP contribution is -2.09. The Morgan fingerprint density at radius 2 is 1.90 bits per heavy atom. The summed E-state index contributed by atoms with van der Waals surface area (Å²) in [4.78, 5) is 0. The lowest BCUT2D eigenvalue weighted by atomic mass is 9.84. The van der Waals surface area contributed by atoms with Crippen molar-refractivity contribution in [1.29, 1.82) is 0 Å². The van der Waals surface area contributed by atoms with E-state index in [2.05, 4.69) is 40.7 Å². The number of hydrogen-bond donors (Lipinski definition) is 0. The molecule has 0 amide bonds. The van der Waals surface area contributed by atoms with Crippen molar-refractivity contribution in [3.63, 3.8) is 0 Å². The van der Waals surface area contributed by atoms with E-state index in [1.807, 2.05) is 0 Å². The van der Waals surface area contributed by atoms with Gasteiger partial charge in [-0.15, -0.1) is 0 Å². The topological polar surface area (TPSA) is 0 Å². The SMILES string of the molecule is CC=C(C)C1CC(C)CCC(CCCC(CC)CCC)C1. The highest BCUT2D eigenvalue weighted by atomic mass is 14.3. The van der Waals surface area contributed by atoms with Gasteiger partial charge in [-0.05, 0) is 50.4 Å². The first-order valence-electron chi connectivity index (χ1n) is 9.73. The predicted molar refractivity (Wildman–Crippen MR) is 96.6 cm³/mol. The lowest BCUT2D eigenvalue weighted by Gasteiger charge is -2.22. The van der Waals surface area contributed by atoms with Gasteiger partial charge in [-0.25, -0.2) is 0 Å². The zero-order valence-corrected chi connectivity index (χ0v) is 15.5. The first kappa shape index (κ1) is 18.8. The quantitative estimate of drug-likeness (QED) is 0.323. The van der Waals surface area contributed by atoms with Crippen LogP contribution in [0.3, 0.4) is 0 Å². The summed E-state index contributed by atoms with van der Waals surface area (Å²) >= 11 is 0. The third kappa shape index (κ3) is 7.02. The second kappa shape index (κ2) is 10.5. The Kier molecular flexibility index (Phi) is 9.36. The summed E-state index contributed by atoms with van der Waals surface area (Å²) < 4.78 is 0. The third-order valence-corrected chi connectivity index (χ3v) is 5.97. The van der Waals surface area contributed by atoms with Gasteiger partial charge in [0.15, 0.2) is 0 Å². The fraction of sp³-hybridized carbons (Fsp3) is 0.905. The molecule has 0 aliphatic heterocycles. The molecule has 1 rings (SSSR count). The van der Waals surface area contributed by atoms with E-state index in [4.69, 9.17) is 0 Å². The average Bonchev–Trinajstić information content (AvgIpc) is 2.67. The molecule has 21 heavy (non-hydrogen) atoms. The van der Waals surface area contributed by atoms with Crippen LogP contribution in [-0.4, -0.2) is 0 Å². The van der Waals surface area contributed by atoms with Gasteiger partial charge >= 0.3 is 0 Å². The van der Waals surface area contributed by atoms with Crippen molar-refractivity contribution >= 4 is 0 Å². The molecular formula is C21H40. The molecule has 0 nitrogen and oxygen atoms in total. The first-order chi connectivity index (χ1) is 10.1. The van der Waals surface area contributed by atoms with Gasteiger partial charge in [0.05, 0.1) is 0 Å². The highest BCUT2D eigenvalue weighted by Crippen LogP contribution is 2.37. The smallest absolute Gasteiger partial charge is 0.0201 e. The van der Waals surface area contributed by atoms with Crippen molar-refractivity contribution in [1.82, 2.24) is 0 Å². The Labute approximate surface area is 134 Å². The fourth-order valence-corrected chi connectivity index (χ4v) is 4.27. The van der Waals surface area contributed by atoms with Crippen molar-refractivity contribution in [3.8, 4) is 0 Å². The molecule has 0 heterocycles. The molecule has 124 valence electrons. The van der Waals surface area contributed by atoms with Crippen molar-refractivity contribution in [2.45, 2.75) is 98.8 Å². The van der Waals surface area contributed by atoms with Crippen LogP contribution in [0.5, 0.6) is 0 Å². The van der Waals surface area contributed by atoms with Gasteiger partial charge in [0.1, 0.15) is 0 Å². The molecule has 0 N–H and O–H groups in total. The summed E-state index contributed by atoms with van der Waals surface area (Å²) in [6.07, 6.45) is 16.8. The molecule has 1 aliphatic carbocycles. The lowest BCUT2D eigenvalue weighted by molar-refractivity contribution is 0.342. The summed E-state index contributed by atoms with van der Waals surface area (Å²) in [5.41, 5.74) is 1.64. The van der Waals surface area contributed by atoms with E-state index in [-0.39, 0.29) is 0 Å². The zero-order chi connectivity index (χ0) is 15.7. The molecule has 0 radical (unpaired) electrons. The standard InChI is InChI=1S/C21H40/c1-6-10-19(8-3)11-9-12-20-14-13-17(4)15-21(16-20)18(5)7-2/h7,17,19-21H,6,8-16H2,1-5H3. The third-order valence-electron chi connectivity index (χ3n) is 5.97. The van der Waals surface area contributed by atoms with Gasteiger partial charge in [-0.1, -0.05) is 83.8 Å². The average molecular weight is 293 g/mol. The molecule has 1 saturated carbocycles. The maximum absolute atomic E-state index is 2.46. The minimum absolute atomic E-state index is 0.870. The van der Waals surface area contributed by atoms with Crippen LogP contribution in [-0.2, 0) is 0 Å². The van der Waals surface area contributed by atoms with Crippen molar-refractivity contribution in [3.05, 3.63) is 11.6 Å². The van der Waals surface area contributed by atoms with Gasteiger partial charge in [-0.2, -0.15) is 0 Å². The molecule has 0 saturated heterocycles. The second-order valence-corrected chi connectivity index (χ2v) is 7.74. The summed E-state index contributed by atoms with van der Waals surface area (Å²) in [6.45, 7) is 11.7. The van der Waals surface area contributed by atoms with Gasteiger partial charge in [0.25, 0.3) is 0 Å². The van der Waals surface area contributed by atoms with E-state index in [0.717, 1.165) is 23.7 Å². The van der Waals surface area contributed by atoms with Crippen LogP contribution in [0.4, 0.5) is 0 Å². The molecule has 1 fully saturated rings. The highest BCUT2D eigenvalue weighted by Gasteiger charge is 2.24. The number of allylic oxidation sites excluding steroid dienone is 2. The zero-order valence-electron chi connectivity index (χ0n) is 15.5. The van der Waals surface area contributed by atoms with Crippen LogP contribution in [0.1, 0.15) is 98.8 Å². The van der Waals surface area contributed by atoms with Gasteiger partial charge in [0, 0.05) is 0 Å². The van der Waals surface area contributed by atoms with Gasteiger partial charge < -0.3 is 0 Å². The highest BCUT2D eigenvalue weighted by molar-refractivity contribution is 5.03. The Balaban J connectivity index is 2.42. The predicted octanol–water partition coefficient (Wildman–Crippen LogP) is 7.39. The molecule has 0 heteroatoms. The van der Waals surface area contributed by atoms with E-state index in [0.29, 0.717) is 0 Å². The summed E-state index contributed by atoms with van der Waals surface area (Å²) in [5, 5.41) is 0. The number of hydrogen-bond acceptors (Lipinski definition) is 0. The van der Waals surface area contributed by atoms with E-state index < -0.39 is 0 Å². The van der Waals surface area contributed by atoms with Crippen molar-refractivity contribution in [2.75, 3.05) is 0 Å². The maximum atomic E-state index is 2.46. The van der Waals surface area contributed by atoms with Crippen LogP contribution >= 0.6 is 0 Å². The number of rotatable bonds is 8. The van der Waals surface area contributed by atoms with E-state index >= 15 is 0 Å². The Morgan fingerprint density at radius 3 is 2.52 bits per heavy atom. The molecule has 4 unspecified atom stereocenters. The minimum Gasteiger partial charge on any atom is -0.0885 e. The Bertz CT molecular complexity index is 288. The van der Waals surface area contributed by atoms with Crippen LogP contribution in [0.2, 0.25) is 0 Å². The molecular weight excluding hydrogens is 252 g/mol. The van der Waals surface area contributed by atoms with Crippen molar-refractivity contribution in [2.24, 2.45) is 23.7 Å². The second-order valence-electron chi connectivity index (χ2n) is 7.74. The summed E-state index contributed by atoms with van der Waals surface area (Å²) in [6, 6.07) is 0. The van der Waals surface area contributed by atoms with Crippen molar-refractivity contribution < 1.29 is 0 Å². The van der Waals surface area contributed by atoms with Gasteiger partial charge in [0.2, 0.25) is 0 Å². The Hall–Kier alpha value is -0.260. The fourth-order valence-electron chi connectivity index (χ4n) is 4.27. The van der Waals surface area contributed by atoms with Crippen LogP contribution < -0.4 is 0 Å². The first-order valence-corrected chi connectivity index (χ1v) is 9.73. The molecule has 0 aromatic heterocycles. The van der Waals surface area contributed by atoms with E-state index in [1.54, 1.807) is 5.57 Å². The molecule has 0 spiro atoms. The molecule has 0 aromatic carbocycles.